The van der Waals surface area contributed by atoms with Crippen LogP contribution < -0.4 is 11.5 Å². The van der Waals surface area contributed by atoms with Gasteiger partial charge in [0.15, 0.2) is 11.5 Å². The zero-order valence-electron chi connectivity index (χ0n) is 17.8. The van der Waals surface area contributed by atoms with Crippen LogP contribution in [0.5, 0.6) is 0 Å². The SMILES string of the molecule is C[C@H](N)C(=O)N1CCC(CN2C(=O)C(c3ccccc3)(c3ccccc3)N=C2N)CC1. The van der Waals surface area contributed by atoms with Crippen LogP contribution in [0.2, 0.25) is 0 Å². The van der Waals surface area contributed by atoms with Gasteiger partial charge in [0.1, 0.15) is 0 Å². The van der Waals surface area contributed by atoms with Crippen molar-refractivity contribution in [2.45, 2.75) is 31.3 Å². The zero-order chi connectivity index (χ0) is 22.0. The van der Waals surface area contributed by atoms with E-state index in [0.717, 1.165) is 24.0 Å². The Morgan fingerprint density at radius 2 is 1.58 bits per heavy atom. The second kappa shape index (κ2) is 8.51. The highest BCUT2D eigenvalue weighted by molar-refractivity contribution is 6.09. The standard InChI is InChI=1S/C24H29N5O2/c1-17(25)21(30)28-14-12-18(13-15-28)16-29-22(31)24(27-23(29)26,19-8-4-2-5-9-19)20-10-6-3-7-11-20/h2-11,17-18H,12-16,25H2,1H3,(H2,26,27)/t17-/m0/s1. The number of nitrogens with zero attached hydrogens (tertiary/aromatic N) is 3. The van der Waals surface area contributed by atoms with Crippen LogP contribution in [0.3, 0.4) is 0 Å². The second-order valence-electron chi connectivity index (χ2n) is 8.39. The lowest BCUT2D eigenvalue weighted by molar-refractivity contribution is -0.134. The van der Waals surface area contributed by atoms with Gasteiger partial charge in [-0.2, -0.15) is 0 Å². The Morgan fingerprint density at radius 1 is 1.06 bits per heavy atom. The lowest BCUT2D eigenvalue weighted by atomic mass is 9.82. The van der Waals surface area contributed by atoms with Gasteiger partial charge in [-0.25, -0.2) is 4.99 Å². The van der Waals surface area contributed by atoms with Gasteiger partial charge in [-0.1, -0.05) is 60.7 Å². The summed E-state index contributed by atoms with van der Waals surface area (Å²) in [7, 11) is 0. The quantitative estimate of drug-likeness (QED) is 0.769. The number of hydrogen-bond acceptors (Lipinski definition) is 5. The minimum absolute atomic E-state index is 0.0241. The number of nitrogens with two attached hydrogens (primary N) is 2. The second-order valence-corrected chi connectivity index (χ2v) is 8.39. The minimum atomic E-state index is -1.17. The summed E-state index contributed by atoms with van der Waals surface area (Å²) in [4.78, 5) is 34.1. The van der Waals surface area contributed by atoms with Crippen molar-refractivity contribution in [2.75, 3.05) is 19.6 Å². The van der Waals surface area contributed by atoms with Crippen LogP contribution in [0.15, 0.2) is 65.7 Å². The molecule has 1 fully saturated rings. The number of carbonyl (C=O) groups excluding carboxylic acids is 2. The molecule has 7 nitrogen and oxygen atoms in total. The summed E-state index contributed by atoms with van der Waals surface area (Å²) in [5, 5.41) is 0. The van der Waals surface area contributed by atoms with Crippen LogP contribution in [-0.2, 0) is 15.1 Å². The van der Waals surface area contributed by atoms with E-state index in [1.165, 1.54) is 0 Å². The van der Waals surface area contributed by atoms with E-state index in [2.05, 4.69) is 0 Å². The fourth-order valence-corrected chi connectivity index (χ4v) is 4.54. The Balaban J connectivity index is 1.57. The molecule has 162 valence electrons. The van der Waals surface area contributed by atoms with Crippen molar-refractivity contribution in [2.24, 2.45) is 22.4 Å². The number of carbonyl (C=O) groups is 2. The van der Waals surface area contributed by atoms with Gasteiger partial charge in [-0.05, 0) is 36.8 Å². The third-order valence-corrected chi connectivity index (χ3v) is 6.25. The molecule has 0 radical (unpaired) electrons. The Hall–Kier alpha value is -3.19. The summed E-state index contributed by atoms with van der Waals surface area (Å²) in [5.41, 5.74) is 12.5. The van der Waals surface area contributed by atoms with Crippen LogP contribution in [-0.4, -0.2) is 53.2 Å². The molecule has 0 unspecified atom stereocenters. The van der Waals surface area contributed by atoms with Gasteiger partial charge in [-0.3, -0.25) is 14.5 Å². The number of amides is 2. The van der Waals surface area contributed by atoms with Crippen LogP contribution >= 0.6 is 0 Å². The van der Waals surface area contributed by atoms with Crippen LogP contribution in [0.1, 0.15) is 30.9 Å². The lowest BCUT2D eigenvalue weighted by Gasteiger charge is -2.35. The summed E-state index contributed by atoms with van der Waals surface area (Å²) in [6.07, 6.45) is 1.61. The summed E-state index contributed by atoms with van der Waals surface area (Å²) in [5.74, 6) is 0.337. The molecule has 0 aromatic heterocycles. The summed E-state index contributed by atoms with van der Waals surface area (Å²) < 4.78 is 0. The van der Waals surface area contributed by atoms with E-state index >= 15 is 0 Å². The van der Waals surface area contributed by atoms with E-state index in [1.54, 1.807) is 11.8 Å². The lowest BCUT2D eigenvalue weighted by Crippen LogP contribution is -2.49. The average molecular weight is 420 g/mol. The van der Waals surface area contributed by atoms with Crippen molar-refractivity contribution in [1.29, 1.82) is 0 Å². The predicted octanol–water partition coefficient (Wildman–Crippen LogP) is 1.67. The first-order valence-corrected chi connectivity index (χ1v) is 10.8. The van der Waals surface area contributed by atoms with Crippen LogP contribution in [0.4, 0.5) is 0 Å². The Morgan fingerprint density at radius 3 is 2.06 bits per heavy atom. The molecule has 2 heterocycles. The molecule has 2 amide bonds. The predicted molar refractivity (Wildman–Crippen MR) is 120 cm³/mol. The van der Waals surface area contributed by atoms with Gasteiger partial charge in [0.25, 0.3) is 5.91 Å². The van der Waals surface area contributed by atoms with Crippen molar-refractivity contribution in [1.82, 2.24) is 9.80 Å². The first-order valence-electron chi connectivity index (χ1n) is 10.8. The maximum atomic E-state index is 13.8. The zero-order valence-corrected chi connectivity index (χ0v) is 17.8. The number of guanidine groups is 1. The van der Waals surface area contributed by atoms with E-state index < -0.39 is 11.6 Å². The molecule has 2 aliphatic heterocycles. The highest BCUT2D eigenvalue weighted by Gasteiger charge is 2.50. The fourth-order valence-electron chi connectivity index (χ4n) is 4.54. The van der Waals surface area contributed by atoms with Gasteiger partial charge >= 0.3 is 0 Å². The van der Waals surface area contributed by atoms with Gasteiger partial charge in [0, 0.05) is 19.6 Å². The van der Waals surface area contributed by atoms with Gasteiger partial charge in [-0.15, -0.1) is 0 Å². The van der Waals surface area contributed by atoms with E-state index in [1.807, 2.05) is 65.6 Å². The van der Waals surface area contributed by atoms with Crippen molar-refractivity contribution in [3.63, 3.8) is 0 Å². The molecule has 1 atom stereocenters. The van der Waals surface area contributed by atoms with E-state index in [9.17, 15) is 9.59 Å². The summed E-state index contributed by atoms with van der Waals surface area (Å²) in [6, 6.07) is 18.7. The molecule has 4 rings (SSSR count). The highest BCUT2D eigenvalue weighted by atomic mass is 16.2. The molecule has 1 saturated heterocycles. The molecular weight excluding hydrogens is 390 g/mol. The topological polar surface area (TPSA) is 105 Å². The number of benzene rings is 2. The monoisotopic (exact) mass is 419 g/mol. The van der Waals surface area contributed by atoms with Crippen molar-refractivity contribution in [3.8, 4) is 0 Å². The summed E-state index contributed by atoms with van der Waals surface area (Å²) in [6.45, 7) is 3.50. The number of likely N-dealkylation sites (tertiary alicyclic amines) is 1. The molecule has 4 N–H and O–H groups in total. The largest absolute Gasteiger partial charge is 0.369 e. The number of aliphatic imine (C=N–C) groups is 1. The molecular formula is C24H29N5O2. The number of rotatable bonds is 5. The molecule has 2 aromatic rings. The Bertz CT molecular complexity index is 926. The van der Waals surface area contributed by atoms with Crippen molar-refractivity contribution >= 4 is 17.8 Å². The smallest absolute Gasteiger partial charge is 0.266 e. The van der Waals surface area contributed by atoms with Crippen molar-refractivity contribution in [3.05, 3.63) is 71.8 Å². The van der Waals surface area contributed by atoms with Crippen molar-refractivity contribution < 1.29 is 9.59 Å². The summed E-state index contributed by atoms with van der Waals surface area (Å²) >= 11 is 0. The van der Waals surface area contributed by atoms with Gasteiger partial charge < -0.3 is 16.4 Å². The molecule has 7 heteroatoms. The molecule has 0 spiro atoms. The molecule has 0 bridgehead atoms. The molecule has 31 heavy (non-hydrogen) atoms. The number of piperidine rings is 1. The maximum absolute atomic E-state index is 13.8. The fraction of sp³-hybridized carbons (Fsp3) is 0.375. The van der Waals surface area contributed by atoms with Gasteiger partial charge in [0.05, 0.1) is 6.04 Å². The first-order chi connectivity index (χ1) is 14.9. The molecule has 0 saturated carbocycles. The Kier molecular flexibility index (Phi) is 5.78. The number of hydrogen-bond donors (Lipinski definition) is 2. The molecule has 2 aromatic carbocycles. The minimum Gasteiger partial charge on any atom is -0.369 e. The Labute approximate surface area is 182 Å². The third-order valence-electron chi connectivity index (χ3n) is 6.25. The third kappa shape index (κ3) is 3.81. The molecule has 2 aliphatic rings. The molecule has 0 aliphatic carbocycles. The average Bonchev–Trinajstić information content (AvgIpc) is 3.06. The van der Waals surface area contributed by atoms with E-state index in [-0.39, 0.29) is 23.7 Å². The highest BCUT2D eigenvalue weighted by Crippen LogP contribution is 2.40. The first kappa shape index (κ1) is 21.1. The van der Waals surface area contributed by atoms with Crippen LogP contribution in [0, 0.1) is 5.92 Å². The van der Waals surface area contributed by atoms with E-state index in [4.69, 9.17) is 16.5 Å². The van der Waals surface area contributed by atoms with Gasteiger partial charge in [0.2, 0.25) is 5.91 Å². The maximum Gasteiger partial charge on any atom is 0.266 e. The van der Waals surface area contributed by atoms with E-state index in [0.29, 0.717) is 19.6 Å². The normalized spacial score (nSPS) is 19.9. The van der Waals surface area contributed by atoms with Crippen LogP contribution in [0.25, 0.3) is 0 Å².